The van der Waals surface area contributed by atoms with Crippen molar-refractivity contribution >= 4 is 29.1 Å². The molecule has 0 heterocycles. The third-order valence-corrected chi connectivity index (χ3v) is 3.00. The number of para-hydroxylation sites is 1. The fourth-order valence-electron chi connectivity index (χ4n) is 1.69. The SMILES string of the molecule is CNC(=O)CN(C)CC(=O)Nc1c(Cl)cccc1C(F)(F)F. The van der Waals surface area contributed by atoms with Crippen LogP contribution in [0.15, 0.2) is 18.2 Å². The van der Waals surface area contributed by atoms with Crippen molar-refractivity contribution in [3.8, 4) is 0 Å². The lowest BCUT2D eigenvalue weighted by molar-refractivity contribution is -0.137. The zero-order chi connectivity index (χ0) is 16.9. The van der Waals surface area contributed by atoms with Crippen molar-refractivity contribution in [2.45, 2.75) is 6.18 Å². The Hall–Kier alpha value is -1.80. The van der Waals surface area contributed by atoms with E-state index >= 15 is 0 Å². The fraction of sp³-hybridized carbons (Fsp3) is 0.385. The normalized spacial score (nSPS) is 11.4. The molecule has 9 heteroatoms. The summed E-state index contributed by atoms with van der Waals surface area (Å²) in [6.07, 6.45) is -4.64. The predicted octanol–water partition coefficient (Wildman–Crippen LogP) is 1.98. The molecular weight excluding hydrogens is 323 g/mol. The molecule has 0 saturated carbocycles. The second kappa shape index (κ2) is 7.46. The predicted molar refractivity (Wildman–Crippen MR) is 76.6 cm³/mol. The molecule has 2 amide bonds. The third-order valence-electron chi connectivity index (χ3n) is 2.69. The number of rotatable bonds is 5. The largest absolute Gasteiger partial charge is 0.418 e. The van der Waals surface area contributed by atoms with Gasteiger partial charge in [-0.05, 0) is 19.2 Å². The van der Waals surface area contributed by atoms with Gasteiger partial charge in [-0.3, -0.25) is 14.5 Å². The Kier molecular flexibility index (Phi) is 6.19. The summed E-state index contributed by atoms with van der Waals surface area (Å²) < 4.78 is 38.7. The number of carbonyl (C=O) groups is 2. The van der Waals surface area contributed by atoms with Crippen molar-refractivity contribution in [3.05, 3.63) is 28.8 Å². The van der Waals surface area contributed by atoms with Crippen LogP contribution in [0.1, 0.15) is 5.56 Å². The van der Waals surface area contributed by atoms with E-state index in [-0.39, 0.29) is 24.0 Å². The van der Waals surface area contributed by atoms with Gasteiger partial charge in [0.05, 0.1) is 29.4 Å². The van der Waals surface area contributed by atoms with Gasteiger partial charge in [0.15, 0.2) is 0 Å². The topological polar surface area (TPSA) is 61.4 Å². The number of hydrogen-bond acceptors (Lipinski definition) is 3. The van der Waals surface area contributed by atoms with E-state index in [1.165, 1.54) is 25.1 Å². The first-order chi connectivity index (χ1) is 10.1. The highest BCUT2D eigenvalue weighted by Crippen LogP contribution is 2.38. The van der Waals surface area contributed by atoms with E-state index in [1.54, 1.807) is 0 Å². The molecule has 2 N–H and O–H groups in total. The molecule has 0 aliphatic heterocycles. The van der Waals surface area contributed by atoms with E-state index in [4.69, 9.17) is 11.6 Å². The number of halogens is 4. The van der Waals surface area contributed by atoms with Gasteiger partial charge < -0.3 is 10.6 Å². The van der Waals surface area contributed by atoms with E-state index in [0.717, 1.165) is 12.1 Å². The van der Waals surface area contributed by atoms with E-state index in [0.29, 0.717) is 0 Å². The van der Waals surface area contributed by atoms with Crippen LogP contribution < -0.4 is 10.6 Å². The Morgan fingerprint density at radius 2 is 1.82 bits per heavy atom. The molecule has 0 aliphatic rings. The molecule has 0 saturated heterocycles. The second-order valence-corrected chi connectivity index (χ2v) is 4.96. The summed E-state index contributed by atoms with van der Waals surface area (Å²) in [7, 11) is 2.93. The number of hydrogen-bond donors (Lipinski definition) is 2. The highest BCUT2D eigenvalue weighted by molar-refractivity contribution is 6.34. The molecule has 0 bridgehead atoms. The maximum Gasteiger partial charge on any atom is 0.418 e. The van der Waals surface area contributed by atoms with Crippen LogP contribution in [0.4, 0.5) is 18.9 Å². The molecule has 0 unspecified atom stereocenters. The van der Waals surface area contributed by atoms with E-state index in [9.17, 15) is 22.8 Å². The summed E-state index contributed by atoms with van der Waals surface area (Å²) in [6.45, 7) is -0.311. The van der Waals surface area contributed by atoms with Crippen molar-refractivity contribution in [1.82, 2.24) is 10.2 Å². The minimum Gasteiger partial charge on any atom is -0.358 e. The minimum absolute atomic E-state index is 0.0570. The lowest BCUT2D eigenvalue weighted by Crippen LogP contribution is -2.37. The average Bonchev–Trinajstić information content (AvgIpc) is 2.39. The number of nitrogens with zero attached hydrogens (tertiary/aromatic N) is 1. The van der Waals surface area contributed by atoms with Gasteiger partial charge in [-0.1, -0.05) is 17.7 Å². The first-order valence-corrected chi connectivity index (χ1v) is 6.57. The molecule has 0 fully saturated rings. The number of nitrogens with one attached hydrogen (secondary N) is 2. The molecule has 5 nitrogen and oxygen atoms in total. The molecule has 122 valence electrons. The Morgan fingerprint density at radius 1 is 1.23 bits per heavy atom. The molecule has 1 rings (SSSR count). The summed E-state index contributed by atoms with van der Waals surface area (Å²) >= 11 is 5.73. The van der Waals surface area contributed by atoms with E-state index < -0.39 is 23.3 Å². The Morgan fingerprint density at radius 3 is 2.36 bits per heavy atom. The molecule has 0 aliphatic carbocycles. The first kappa shape index (κ1) is 18.2. The molecule has 1 aromatic rings. The summed E-state index contributed by atoms with van der Waals surface area (Å²) in [6, 6.07) is 3.23. The summed E-state index contributed by atoms with van der Waals surface area (Å²) in [5.41, 5.74) is -1.52. The summed E-state index contributed by atoms with van der Waals surface area (Å²) in [4.78, 5) is 24.3. The van der Waals surface area contributed by atoms with Gasteiger partial charge in [0.1, 0.15) is 0 Å². The van der Waals surface area contributed by atoms with Gasteiger partial charge in [-0.2, -0.15) is 13.2 Å². The quantitative estimate of drug-likeness (QED) is 0.863. The number of likely N-dealkylation sites (N-methyl/N-ethyl adjacent to an activating group) is 2. The molecule has 22 heavy (non-hydrogen) atoms. The molecule has 0 atom stereocenters. The lowest BCUT2D eigenvalue weighted by Gasteiger charge is -2.18. The van der Waals surface area contributed by atoms with Gasteiger partial charge in [-0.25, -0.2) is 0 Å². The van der Waals surface area contributed by atoms with Gasteiger partial charge in [-0.15, -0.1) is 0 Å². The highest BCUT2D eigenvalue weighted by Gasteiger charge is 2.34. The fourth-order valence-corrected chi connectivity index (χ4v) is 1.91. The van der Waals surface area contributed by atoms with Gasteiger partial charge in [0, 0.05) is 7.05 Å². The van der Waals surface area contributed by atoms with Crippen molar-refractivity contribution in [1.29, 1.82) is 0 Å². The number of carbonyl (C=O) groups excluding carboxylic acids is 2. The lowest BCUT2D eigenvalue weighted by atomic mass is 10.1. The van der Waals surface area contributed by atoms with Crippen molar-refractivity contribution < 1.29 is 22.8 Å². The standard InChI is InChI=1S/C13H15ClF3N3O2/c1-18-10(21)6-20(2)7-11(22)19-12-8(13(15,16)17)4-3-5-9(12)14/h3-5H,6-7H2,1-2H3,(H,18,21)(H,19,22). The van der Waals surface area contributed by atoms with Gasteiger partial charge in [0.25, 0.3) is 0 Å². The second-order valence-electron chi connectivity index (χ2n) is 4.55. The Bertz CT molecular complexity index is 564. The average molecular weight is 338 g/mol. The van der Waals surface area contributed by atoms with Crippen molar-refractivity contribution in [2.75, 3.05) is 32.5 Å². The van der Waals surface area contributed by atoms with Gasteiger partial charge in [0.2, 0.25) is 11.8 Å². The molecule has 0 radical (unpaired) electrons. The Balaban J connectivity index is 2.83. The van der Waals surface area contributed by atoms with Crippen LogP contribution in [0.3, 0.4) is 0 Å². The summed E-state index contributed by atoms with van der Waals surface area (Å²) in [5, 5.41) is 4.31. The van der Waals surface area contributed by atoms with Crippen LogP contribution in [0, 0.1) is 0 Å². The maximum atomic E-state index is 12.9. The smallest absolute Gasteiger partial charge is 0.358 e. The maximum absolute atomic E-state index is 12.9. The summed E-state index contributed by atoms with van der Waals surface area (Å²) in [5.74, 6) is -1.02. The van der Waals surface area contributed by atoms with E-state index in [2.05, 4.69) is 10.6 Å². The zero-order valence-electron chi connectivity index (χ0n) is 11.9. The number of alkyl halides is 3. The monoisotopic (exact) mass is 337 g/mol. The van der Waals surface area contributed by atoms with Crippen LogP contribution >= 0.6 is 11.6 Å². The molecular formula is C13H15ClF3N3O2. The first-order valence-electron chi connectivity index (χ1n) is 6.19. The number of amides is 2. The third kappa shape index (κ3) is 5.19. The van der Waals surface area contributed by atoms with Crippen molar-refractivity contribution in [2.24, 2.45) is 0 Å². The van der Waals surface area contributed by atoms with Crippen LogP contribution in [0.25, 0.3) is 0 Å². The van der Waals surface area contributed by atoms with Crippen LogP contribution in [0.5, 0.6) is 0 Å². The van der Waals surface area contributed by atoms with Crippen LogP contribution in [0.2, 0.25) is 5.02 Å². The zero-order valence-corrected chi connectivity index (χ0v) is 12.7. The number of anilines is 1. The van der Waals surface area contributed by atoms with Crippen LogP contribution in [-0.2, 0) is 15.8 Å². The van der Waals surface area contributed by atoms with Crippen molar-refractivity contribution in [3.63, 3.8) is 0 Å². The van der Waals surface area contributed by atoms with E-state index in [1.807, 2.05) is 0 Å². The molecule has 1 aromatic carbocycles. The van der Waals surface area contributed by atoms with Crippen LogP contribution in [-0.4, -0.2) is 43.9 Å². The van der Waals surface area contributed by atoms with Gasteiger partial charge >= 0.3 is 6.18 Å². The number of benzene rings is 1. The molecule has 0 spiro atoms. The molecule has 0 aromatic heterocycles. The Labute approximate surface area is 130 Å². The minimum atomic E-state index is -4.64. The highest BCUT2D eigenvalue weighted by atomic mass is 35.5.